The number of fused-ring (bicyclic) bond motifs is 1. The Hall–Kier alpha value is -2.12. The lowest BCUT2D eigenvalue weighted by Gasteiger charge is -2.38. The van der Waals surface area contributed by atoms with Crippen LogP contribution in [-0.2, 0) is 4.74 Å². The maximum absolute atomic E-state index is 5.60. The predicted octanol–water partition coefficient (Wildman–Crippen LogP) is 3.08. The molecule has 0 aliphatic carbocycles. The molecule has 24 heavy (non-hydrogen) atoms. The molecule has 3 heterocycles. The van der Waals surface area contributed by atoms with Crippen molar-refractivity contribution in [1.82, 2.24) is 14.6 Å². The fraction of sp³-hybridized carbons (Fsp3) is 0.412. The second-order valence-electron chi connectivity index (χ2n) is 6.11. The average Bonchev–Trinajstić information content (AvgIpc) is 3.14. The molecule has 0 N–H and O–H groups in total. The lowest BCUT2D eigenvalue weighted by Crippen LogP contribution is -2.49. The Kier molecular flexibility index (Phi) is 3.90. The number of morpholine rings is 1. The van der Waals surface area contributed by atoms with Crippen molar-refractivity contribution >= 4 is 21.4 Å². The molecule has 1 aliphatic heterocycles. The van der Waals surface area contributed by atoms with Crippen molar-refractivity contribution < 1.29 is 9.47 Å². The SMILES string of the molecule is COc1ccc(-c2cn3nc(N4[C@H](C)COC[C@H]4C)sc3n2)cc1. The number of hydrogen-bond donors (Lipinski definition) is 0. The van der Waals surface area contributed by atoms with Gasteiger partial charge in [0.15, 0.2) is 0 Å². The minimum absolute atomic E-state index is 0.325. The molecule has 126 valence electrons. The zero-order valence-electron chi connectivity index (χ0n) is 14.0. The molecule has 6 nitrogen and oxygen atoms in total. The Morgan fingerprint density at radius 2 is 1.88 bits per heavy atom. The van der Waals surface area contributed by atoms with Crippen molar-refractivity contribution in [3.63, 3.8) is 0 Å². The summed E-state index contributed by atoms with van der Waals surface area (Å²) in [5.74, 6) is 0.843. The van der Waals surface area contributed by atoms with Gasteiger partial charge in [0.2, 0.25) is 10.1 Å². The third-order valence-electron chi connectivity index (χ3n) is 4.31. The molecule has 2 aromatic heterocycles. The van der Waals surface area contributed by atoms with Crippen LogP contribution in [0.5, 0.6) is 5.75 Å². The van der Waals surface area contributed by atoms with E-state index in [0.29, 0.717) is 12.1 Å². The van der Waals surface area contributed by atoms with Gasteiger partial charge in [0.05, 0.1) is 44.3 Å². The third kappa shape index (κ3) is 2.63. The smallest absolute Gasteiger partial charge is 0.214 e. The maximum atomic E-state index is 5.60. The van der Waals surface area contributed by atoms with Gasteiger partial charge in [-0.25, -0.2) is 9.50 Å². The number of imidazole rings is 1. The number of aromatic nitrogens is 3. The second-order valence-corrected chi connectivity index (χ2v) is 7.04. The van der Waals surface area contributed by atoms with E-state index < -0.39 is 0 Å². The molecule has 1 saturated heterocycles. The van der Waals surface area contributed by atoms with Gasteiger partial charge in [0, 0.05) is 5.56 Å². The first-order valence-corrected chi connectivity index (χ1v) is 8.84. The Morgan fingerprint density at radius 1 is 1.17 bits per heavy atom. The fourth-order valence-electron chi connectivity index (χ4n) is 3.08. The molecule has 2 atom stereocenters. The van der Waals surface area contributed by atoms with E-state index in [4.69, 9.17) is 19.6 Å². The number of hydrogen-bond acceptors (Lipinski definition) is 6. The van der Waals surface area contributed by atoms with E-state index in [1.54, 1.807) is 18.4 Å². The summed E-state index contributed by atoms with van der Waals surface area (Å²) in [6.07, 6.45) is 1.98. The average molecular weight is 344 g/mol. The topological polar surface area (TPSA) is 51.9 Å². The summed E-state index contributed by atoms with van der Waals surface area (Å²) in [4.78, 5) is 7.96. The first kappa shape index (κ1) is 15.4. The van der Waals surface area contributed by atoms with Gasteiger partial charge < -0.3 is 14.4 Å². The zero-order chi connectivity index (χ0) is 16.7. The minimum atomic E-state index is 0.325. The van der Waals surface area contributed by atoms with E-state index >= 15 is 0 Å². The molecule has 1 aliphatic rings. The van der Waals surface area contributed by atoms with Gasteiger partial charge in [0.25, 0.3) is 0 Å². The van der Waals surface area contributed by atoms with Gasteiger partial charge in [-0.15, -0.1) is 5.10 Å². The summed E-state index contributed by atoms with van der Waals surface area (Å²) >= 11 is 1.62. The summed E-state index contributed by atoms with van der Waals surface area (Å²) in [6, 6.07) is 8.56. The molecule has 0 bridgehead atoms. The number of benzene rings is 1. The van der Waals surface area contributed by atoms with Gasteiger partial charge >= 0.3 is 0 Å². The highest BCUT2D eigenvalue weighted by atomic mass is 32.1. The van der Waals surface area contributed by atoms with Crippen LogP contribution >= 0.6 is 11.3 Å². The molecular formula is C17H20N4O2S. The Morgan fingerprint density at radius 3 is 2.50 bits per heavy atom. The van der Waals surface area contributed by atoms with Crippen LogP contribution in [0.1, 0.15) is 13.8 Å². The third-order valence-corrected chi connectivity index (χ3v) is 5.24. The largest absolute Gasteiger partial charge is 0.497 e. The van der Waals surface area contributed by atoms with E-state index in [2.05, 4.69) is 18.7 Å². The Balaban J connectivity index is 1.64. The number of methoxy groups -OCH3 is 1. The Labute approximate surface area is 144 Å². The summed E-state index contributed by atoms with van der Waals surface area (Å²) < 4.78 is 12.7. The van der Waals surface area contributed by atoms with E-state index in [-0.39, 0.29) is 0 Å². The van der Waals surface area contributed by atoms with Crippen molar-refractivity contribution in [2.45, 2.75) is 25.9 Å². The van der Waals surface area contributed by atoms with Gasteiger partial charge in [-0.3, -0.25) is 0 Å². The molecule has 0 unspecified atom stereocenters. The molecule has 7 heteroatoms. The van der Waals surface area contributed by atoms with Crippen LogP contribution in [0.3, 0.4) is 0 Å². The van der Waals surface area contributed by atoms with Crippen LogP contribution in [0, 0.1) is 0 Å². The highest BCUT2D eigenvalue weighted by Gasteiger charge is 2.28. The molecule has 1 aromatic carbocycles. The van der Waals surface area contributed by atoms with Crippen LogP contribution in [0.25, 0.3) is 16.2 Å². The molecule has 0 spiro atoms. The van der Waals surface area contributed by atoms with Crippen molar-refractivity contribution in [3.05, 3.63) is 30.5 Å². The van der Waals surface area contributed by atoms with Crippen molar-refractivity contribution in [3.8, 4) is 17.0 Å². The van der Waals surface area contributed by atoms with E-state index in [0.717, 1.165) is 40.3 Å². The number of ether oxygens (including phenoxy) is 2. The van der Waals surface area contributed by atoms with E-state index in [1.807, 2.05) is 35.0 Å². The second kappa shape index (κ2) is 6.07. The van der Waals surface area contributed by atoms with Crippen LogP contribution < -0.4 is 9.64 Å². The molecule has 1 fully saturated rings. The van der Waals surface area contributed by atoms with E-state index in [1.165, 1.54) is 0 Å². The minimum Gasteiger partial charge on any atom is -0.497 e. The van der Waals surface area contributed by atoms with Gasteiger partial charge in [-0.05, 0) is 38.1 Å². The first-order valence-electron chi connectivity index (χ1n) is 8.02. The monoisotopic (exact) mass is 344 g/mol. The number of anilines is 1. The maximum Gasteiger partial charge on any atom is 0.214 e. The zero-order valence-corrected chi connectivity index (χ0v) is 14.8. The quantitative estimate of drug-likeness (QED) is 0.731. The highest BCUT2D eigenvalue weighted by Crippen LogP contribution is 2.30. The predicted molar refractivity (Wildman–Crippen MR) is 95.1 cm³/mol. The van der Waals surface area contributed by atoms with Crippen LogP contribution in [0.2, 0.25) is 0 Å². The summed E-state index contributed by atoms with van der Waals surface area (Å²) in [7, 11) is 1.67. The number of rotatable bonds is 3. The molecule has 4 rings (SSSR count). The first-order chi connectivity index (χ1) is 11.7. The summed E-state index contributed by atoms with van der Waals surface area (Å²) in [5, 5.41) is 5.74. The molecule has 0 radical (unpaired) electrons. The van der Waals surface area contributed by atoms with Crippen LogP contribution in [0.4, 0.5) is 5.13 Å². The molecular weight excluding hydrogens is 324 g/mol. The van der Waals surface area contributed by atoms with Gasteiger partial charge in [0.1, 0.15) is 5.75 Å². The molecule has 3 aromatic rings. The highest BCUT2D eigenvalue weighted by molar-refractivity contribution is 7.20. The van der Waals surface area contributed by atoms with Crippen molar-refractivity contribution in [2.75, 3.05) is 25.2 Å². The van der Waals surface area contributed by atoms with Crippen LogP contribution in [0.15, 0.2) is 30.5 Å². The van der Waals surface area contributed by atoms with Crippen LogP contribution in [-0.4, -0.2) is 47.0 Å². The van der Waals surface area contributed by atoms with Crippen molar-refractivity contribution in [1.29, 1.82) is 0 Å². The fourth-order valence-corrected chi connectivity index (χ4v) is 4.16. The van der Waals surface area contributed by atoms with Gasteiger partial charge in [-0.1, -0.05) is 11.3 Å². The standard InChI is InChI=1S/C17H20N4O2S/c1-11-9-23-10-12(2)21(11)17-19-20-8-15(18-16(20)24-17)13-4-6-14(22-3)7-5-13/h4-8,11-12H,9-10H2,1-3H3/t11-,12-/m1/s1. The lowest BCUT2D eigenvalue weighted by molar-refractivity contribution is 0.0755. The Bertz CT molecular complexity index is 801. The number of nitrogens with zero attached hydrogens (tertiary/aromatic N) is 4. The van der Waals surface area contributed by atoms with E-state index in [9.17, 15) is 0 Å². The summed E-state index contributed by atoms with van der Waals surface area (Å²) in [6.45, 7) is 5.82. The van der Waals surface area contributed by atoms with Gasteiger partial charge in [-0.2, -0.15) is 0 Å². The molecule has 0 amide bonds. The lowest BCUT2D eigenvalue weighted by atomic mass is 10.2. The molecule has 0 saturated carbocycles. The summed E-state index contributed by atoms with van der Waals surface area (Å²) in [5.41, 5.74) is 1.98. The van der Waals surface area contributed by atoms with Crippen molar-refractivity contribution in [2.24, 2.45) is 0 Å². The normalized spacial score (nSPS) is 21.4.